The first-order valence-electron chi connectivity index (χ1n) is 6.78. The number of nitrogens with zero attached hydrogens (tertiary/aromatic N) is 1. The lowest BCUT2D eigenvalue weighted by Gasteiger charge is -2.14. The average Bonchev–Trinajstić information content (AvgIpc) is 2.47. The van der Waals surface area contributed by atoms with Gasteiger partial charge in [-0.2, -0.15) is 0 Å². The van der Waals surface area contributed by atoms with Gasteiger partial charge < -0.3 is 14.4 Å². The number of aromatic nitrogens is 1. The quantitative estimate of drug-likeness (QED) is 0.823. The van der Waals surface area contributed by atoms with Gasteiger partial charge in [-0.15, -0.1) is 0 Å². The highest BCUT2D eigenvalue weighted by atomic mass is 16.5. The smallest absolute Gasteiger partial charge is 0.297 e. The molecule has 0 saturated heterocycles. The number of ether oxygens (including phenoxy) is 1. The Hall–Kier alpha value is -2.23. The van der Waals surface area contributed by atoms with Gasteiger partial charge in [0.05, 0.1) is 5.52 Å². The van der Waals surface area contributed by atoms with Gasteiger partial charge >= 0.3 is 0 Å². The highest BCUT2D eigenvalue weighted by Gasteiger charge is 2.16. The summed E-state index contributed by atoms with van der Waals surface area (Å²) in [6.45, 7) is 6.43. The third-order valence-corrected chi connectivity index (χ3v) is 3.19. The van der Waals surface area contributed by atoms with Crippen molar-refractivity contribution in [2.75, 3.05) is 6.61 Å². The largest absolute Gasteiger partial charge is 0.504 e. The van der Waals surface area contributed by atoms with Crippen molar-refractivity contribution in [3.05, 3.63) is 47.3 Å². The SMILES string of the molecule is C=CCOc1c(O)c2ccccc2n(CCCC)c1=O. The van der Waals surface area contributed by atoms with E-state index in [-0.39, 0.29) is 23.7 Å². The maximum Gasteiger partial charge on any atom is 0.297 e. The summed E-state index contributed by atoms with van der Waals surface area (Å²) >= 11 is 0. The van der Waals surface area contributed by atoms with E-state index in [0.29, 0.717) is 11.9 Å². The van der Waals surface area contributed by atoms with Gasteiger partial charge in [0, 0.05) is 11.9 Å². The van der Waals surface area contributed by atoms with Gasteiger partial charge in [-0.25, -0.2) is 0 Å². The van der Waals surface area contributed by atoms with Crippen LogP contribution in [0.3, 0.4) is 0 Å². The van der Waals surface area contributed by atoms with Crippen LogP contribution in [0.5, 0.6) is 11.5 Å². The average molecular weight is 273 g/mol. The molecule has 0 bridgehead atoms. The second-order valence-electron chi connectivity index (χ2n) is 4.60. The number of unbranched alkanes of at least 4 members (excludes halogenated alkanes) is 1. The summed E-state index contributed by atoms with van der Waals surface area (Å²) < 4.78 is 7.01. The predicted octanol–water partition coefficient (Wildman–Crippen LogP) is 3.07. The van der Waals surface area contributed by atoms with Crippen LogP contribution in [0.25, 0.3) is 10.9 Å². The molecule has 0 unspecified atom stereocenters. The molecule has 0 aliphatic heterocycles. The first-order chi connectivity index (χ1) is 9.70. The molecule has 2 aromatic rings. The van der Waals surface area contributed by atoms with Crippen molar-refractivity contribution in [1.29, 1.82) is 0 Å². The molecule has 1 aromatic heterocycles. The van der Waals surface area contributed by atoms with Crippen molar-refractivity contribution < 1.29 is 9.84 Å². The number of aryl methyl sites for hydroxylation is 1. The molecule has 20 heavy (non-hydrogen) atoms. The summed E-state index contributed by atoms with van der Waals surface area (Å²) in [7, 11) is 0. The number of pyridine rings is 1. The van der Waals surface area contributed by atoms with E-state index in [9.17, 15) is 9.90 Å². The minimum Gasteiger partial charge on any atom is -0.504 e. The Bertz CT molecular complexity index is 673. The lowest BCUT2D eigenvalue weighted by Crippen LogP contribution is -2.23. The molecule has 2 rings (SSSR count). The van der Waals surface area contributed by atoms with E-state index in [1.165, 1.54) is 0 Å². The molecule has 1 heterocycles. The second-order valence-corrected chi connectivity index (χ2v) is 4.60. The molecule has 106 valence electrons. The van der Waals surface area contributed by atoms with Gasteiger partial charge in [0.1, 0.15) is 6.61 Å². The monoisotopic (exact) mass is 273 g/mol. The number of aromatic hydroxyl groups is 1. The number of hydrogen-bond donors (Lipinski definition) is 1. The molecular formula is C16H19NO3. The molecule has 0 aliphatic rings. The Labute approximate surface area is 117 Å². The number of para-hydroxylation sites is 1. The van der Waals surface area contributed by atoms with E-state index in [0.717, 1.165) is 18.4 Å². The van der Waals surface area contributed by atoms with E-state index in [1.54, 1.807) is 16.7 Å². The minimum atomic E-state index is -0.295. The molecule has 1 aromatic carbocycles. The van der Waals surface area contributed by atoms with Gasteiger partial charge in [0.25, 0.3) is 5.56 Å². The molecule has 4 nitrogen and oxygen atoms in total. The normalized spacial score (nSPS) is 10.7. The van der Waals surface area contributed by atoms with Crippen molar-refractivity contribution in [3.63, 3.8) is 0 Å². The Kier molecular flexibility index (Phi) is 4.45. The third-order valence-electron chi connectivity index (χ3n) is 3.19. The Morgan fingerprint density at radius 3 is 2.85 bits per heavy atom. The standard InChI is InChI=1S/C16H19NO3/c1-3-5-10-17-13-9-7-6-8-12(13)14(18)15(16(17)19)20-11-4-2/h4,6-9,18H,2-3,5,10-11H2,1H3. The van der Waals surface area contributed by atoms with E-state index in [4.69, 9.17) is 4.74 Å². The fourth-order valence-electron chi connectivity index (χ4n) is 2.18. The Morgan fingerprint density at radius 2 is 2.15 bits per heavy atom. The van der Waals surface area contributed by atoms with Crippen LogP contribution in [0.1, 0.15) is 19.8 Å². The minimum absolute atomic E-state index is 0.000275. The van der Waals surface area contributed by atoms with Gasteiger partial charge in [0.2, 0.25) is 5.75 Å². The molecule has 0 amide bonds. The predicted molar refractivity (Wildman–Crippen MR) is 80.5 cm³/mol. The highest BCUT2D eigenvalue weighted by molar-refractivity contribution is 5.87. The summed E-state index contributed by atoms with van der Waals surface area (Å²) in [5, 5.41) is 10.9. The van der Waals surface area contributed by atoms with Crippen molar-refractivity contribution in [2.45, 2.75) is 26.3 Å². The summed E-state index contributed by atoms with van der Waals surface area (Å²) in [6.07, 6.45) is 3.44. The van der Waals surface area contributed by atoms with Crippen molar-refractivity contribution in [3.8, 4) is 11.5 Å². The number of rotatable bonds is 6. The van der Waals surface area contributed by atoms with Crippen LogP contribution in [-0.2, 0) is 6.54 Å². The van der Waals surface area contributed by atoms with E-state index < -0.39 is 0 Å². The summed E-state index contributed by atoms with van der Waals surface area (Å²) in [5.74, 6) is -0.0973. The number of hydrogen-bond acceptors (Lipinski definition) is 3. The molecule has 4 heteroatoms. The summed E-state index contributed by atoms with van der Waals surface area (Å²) in [5.41, 5.74) is 0.436. The van der Waals surface area contributed by atoms with Crippen LogP contribution < -0.4 is 10.3 Å². The van der Waals surface area contributed by atoms with Crippen LogP contribution in [0.4, 0.5) is 0 Å². The van der Waals surface area contributed by atoms with Crippen LogP contribution in [-0.4, -0.2) is 16.3 Å². The topological polar surface area (TPSA) is 51.5 Å². The Balaban J connectivity index is 2.67. The zero-order chi connectivity index (χ0) is 14.5. The van der Waals surface area contributed by atoms with E-state index in [1.807, 2.05) is 18.2 Å². The molecule has 1 N–H and O–H groups in total. The first kappa shape index (κ1) is 14.2. The van der Waals surface area contributed by atoms with Crippen LogP contribution in [0.2, 0.25) is 0 Å². The van der Waals surface area contributed by atoms with Crippen LogP contribution in [0.15, 0.2) is 41.7 Å². The zero-order valence-electron chi connectivity index (χ0n) is 11.6. The van der Waals surface area contributed by atoms with E-state index in [2.05, 4.69) is 13.5 Å². The molecule has 0 spiro atoms. The van der Waals surface area contributed by atoms with Gasteiger partial charge in [0.15, 0.2) is 5.75 Å². The highest BCUT2D eigenvalue weighted by Crippen LogP contribution is 2.31. The van der Waals surface area contributed by atoms with Crippen molar-refractivity contribution >= 4 is 10.9 Å². The molecule has 0 fully saturated rings. The molecule has 0 saturated carbocycles. The van der Waals surface area contributed by atoms with Gasteiger partial charge in [-0.3, -0.25) is 4.79 Å². The van der Waals surface area contributed by atoms with Crippen molar-refractivity contribution in [1.82, 2.24) is 4.57 Å². The van der Waals surface area contributed by atoms with Gasteiger partial charge in [-0.1, -0.05) is 38.1 Å². The van der Waals surface area contributed by atoms with Crippen molar-refractivity contribution in [2.24, 2.45) is 0 Å². The number of benzene rings is 1. The fourth-order valence-corrected chi connectivity index (χ4v) is 2.18. The third kappa shape index (κ3) is 2.54. The molecule has 0 radical (unpaired) electrons. The summed E-state index contributed by atoms with van der Waals surface area (Å²) in [4.78, 5) is 12.5. The number of fused-ring (bicyclic) bond motifs is 1. The fraction of sp³-hybridized carbons (Fsp3) is 0.312. The summed E-state index contributed by atoms with van der Waals surface area (Å²) in [6, 6.07) is 7.30. The maximum atomic E-state index is 12.5. The lowest BCUT2D eigenvalue weighted by molar-refractivity contribution is 0.330. The molecule has 0 aliphatic carbocycles. The molecule has 0 atom stereocenters. The van der Waals surface area contributed by atoms with Gasteiger partial charge in [-0.05, 0) is 18.6 Å². The second kappa shape index (κ2) is 6.28. The zero-order valence-corrected chi connectivity index (χ0v) is 11.6. The first-order valence-corrected chi connectivity index (χ1v) is 6.78. The van der Waals surface area contributed by atoms with E-state index >= 15 is 0 Å². The lowest BCUT2D eigenvalue weighted by atomic mass is 10.1. The maximum absolute atomic E-state index is 12.5. The Morgan fingerprint density at radius 1 is 1.40 bits per heavy atom. The molecular weight excluding hydrogens is 254 g/mol. The van der Waals surface area contributed by atoms with Crippen LogP contribution >= 0.6 is 0 Å². The van der Waals surface area contributed by atoms with Crippen LogP contribution in [0, 0.1) is 0 Å².